The van der Waals surface area contributed by atoms with E-state index >= 15 is 0 Å². The van der Waals surface area contributed by atoms with E-state index in [0.29, 0.717) is 17.2 Å². The number of ether oxygens (including phenoxy) is 1. The standard InChI is InChI=1S/C21H25N3O3/c1-20(2)15-6-5-13(17(20)11-15)12-22-24-18(25)21(3,23-19(24)26)14-7-9-16(27-4)10-8-14/h5,7-10,12,15,17H,6,11H2,1-4H3,(H,23,26)/b22-12-/t15-,17-,21-/m1/s1. The second-order valence-corrected chi connectivity index (χ2v) is 8.39. The number of fused-ring (bicyclic) bond motifs is 1. The Morgan fingerprint density at radius 2 is 1.93 bits per heavy atom. The van der Waals surface area contributed by atoms with Gasteiger partial charge in [0.25, 0.3) is 5.91 Å². The Morgan fingerprint density at radius 1 is 1.22 bits per heavy atom. The number of carbonyl (C=O) groups excluding carboxylic acids is 2. The van der Waals surface area contributed by atoms with Crippen molar-refractivity contribution < 1.29 is 14.3 Å². The van der Waals surface area contributed by atoms with Crippen LogP contribution < -0.4 is 10.1 Å². The molecule has 3 atom stereocenters. The molecule has 27 heavy (non-hydrogen) atoms. The molecule has 0 radical (unpaired) electrons. The van der Waals surface area contributed by atoms with Crippen LogP contribution in [0.5, 0.6) is 5.75 Å². The van der Waals surface area contributed by atoms with E-state index in [1.807, 2.05) is 0 Å². The summed E-state index contributed by atoms with van der Waals surface area (Å²) >= 11 is 0. The molecule has 1 saturated heterocycles. The number of benzene rings is 1. The summed E-state index contributed by atoms with van der Waals surface area (Å²) in [5.41, 5.74) is 0.952. The second-order valence-electron chi connectivity index (χ2n) is 8.39. The number of nitrogens with one attached hydrogen (secondary N) is 1. The van der Waals surface area contributed by atoms with Crippen LogP contribution in [-0.2, 0) is 10.3 Å². The molecule has 6 heteroatoms. The molecule has 6 nitrogen and oxygen atoms in total. The highest BCUT2D eigenvalue weighted by molar-refractivity contribution is 6.07. The number of imide groups is 1. The average Bonchev–Trinajstić information content (AvgIpc) is 2.89. The van der Waals surface area contributed by atoms with Gasteiger partial charge < -0.3 is 10.1 Å². The van der Waals surface area contributed by atoms with Gasteiger partial charge in [-0.3, -0.25) is 4.79 Å². The molecule has 1 aromatic carbocycles. The van der Waals surface area contributed by atoms with Gasteiger partial charge in [0.1, 0.15) is 11.3 Å². The average molecular weight is 367 g/mol. The van der Waals surface area contributed by atoms with Gasteiger partial charge >= 0.3 is 6.03 Å². The zero-order chi connectivity index (χ0) is 19.4. The van der Waals surface area contributed by atoms with Crippen molar-refractivity contribution in [2.24, 2.45) is 22.4 Å². The highest BCUT2D eigenvalue weighted by Crippen LogP contribution is 2.58. The Bertz CT molecular complexity index is 856. The van der Waals surface area contributed by atoms with Crippen LogP contribution in [0.4, 0.5) is 4.79 Å². The molecule has 5 rings (SSSR count). The minimum absolute atomic E-state index is 0.269. The third kappa shape index (κ3) is 2.58. The van der Waals surface area contributed by atoms with E-state index in [1.165, 1.54) is 0 Å². The summed E-state index contributed by atoms with van der Waals surface area (Å²) in [5, 5.41) is 7.98. The van der Waals surface area contributed by atoms with Crippen molar-refractivity contribution in [2.45, 2.75) is 39.2 Å². The maximum absolute atomic E-state index is 13.0. The quantitative estimate of drug-likeness (QED) is 0.655. The highest BCUT2D eigenvalue weighted by atomic mass is 16.5. The van der Waals surface area contributed by atoms with Crippen molar-refractivity contribution in [3.63, 3.8) is 0 Å². The number of carbonyl (C=O) groups is 2. The molecule has 2 fully saturated rings. The van der Waals surface area contributed by atoms with Gasteiger partial charge in [-0.25, -0.2) is 4.79 Å². The van der Waals surface area contributed by atoms with Crippen molar-refractivity contribution in [3.8, 4) is 5.75 Å². The third-order valence-electron chi connectivity index (χ3n) is 6.67. The van der Waals surface area contributed by atoms with Crippen LogP contribution in [0, 0.1) is 17.3 Å². The molecule has 4 aliphatic rings. The Morgan fingerprint density at radius 3 is 2.52 bits per heavy atom. The van der Waals surface area contributed by atoms with E-state index in [0.717, 1.165) is 29.3 Å². The van der Waals surface area contributed by atoms with E-state index in [-0.39, 0.29) is 11.3 Å². The Kier molecular flexibility index (Phi) is 3.91. The molecule has 1 N–H and O–H groups in total. The highest BCUT2D eigenvalue weighted by Gasteiger charge is 2.52. The Labute approximate surface area is 159 Å². The lowest BCUT2D eigenvalue weighted by Crippen LogP contribution is -2.48. The summed E-state index contributed by atoms with van der Waals surface area (Å²) in [4.78, 5) is 25.4. The molecule has 3 aliphatic carbocycles. The maximum atomic E-state index is 13.0. The summed E-state index contributed by atoms with van der Waals surface area (Å²) in [6, 6.07) is 6.61. The van der Waals surface area contributed by atoms with Crippen molar-refractivity contribution in [1.29, 1.82) is 0 Å². The van der Waals surface area contributed by atoms with Crippen LogP contribution in [0.25, 0.3) is 0 Å². The van der Waals surface area contributed by atoms with E-state index in [2.05, 4.69) is 30.3 Å². The molecule has 2 bridgehead atoms. The SMILES string of the molecule is COc1ccc([C@@]2(C)NC(=O)N(/N=C\C3=CC[C@@H]4C[C@H]3C4(C)C)C2=O)cc1. The van der Waals surface area contributed by atoms with Gasteiger partial charge in [-0.05, 0) is 60.3 Å². The number of allylic oxidation sites excluding steroid dienone is 2. The molecule has 0 unspecified atom stereocenters. The molecule has 3 amide bonds. The van der Waals surface area contributed by atoms with Crippen molar-refractivity contribution in [2.75, 3.05) is 7.11 Å². The predicted octanol–water partition coefficient (Wildman–Crippen LogP) is 3.44. The van der Waals surface area contributed by atoms with Crippen LogP contribution in [0.2, 0.25) is 0 Å². The fourth-order valence-corrected chi connectivity index (χ4v) is 4.52. The Balaban J connectivity index is 1.55. The number of rotatable bonds is 4. The lowest BCUT2D eigenvalue weighted by molar-refractivity contribution is -0.131. The number of methoxy groups -OCH3 is 1. The minimum Gasteiger partial charge on any atom is -0.497 e. The van der Waals surface area contributed by atoms with E-state index in [4.69, 9.17) is 4.74 Å². The number of hydrogen-bond donors (Lipinski definition) is 1. The molecular formula is C21H25N3O3. The van der Waals surface area contributed by atoms with Gasteiger partial charge in [-0.15, -0.1) is 5.01 Å². The monoisotopic (exact) mass is 367 g/mol. The first-order valence-electron chi connectivity index (χ1n) is 9.32. The van der Waals surface area contributed by atoms with E-state index in [1.54, 1.807) is 44.5 Å². The topological polar surface area (TPSA) is 71.0 Å². The molecule has 1 heterocycles. The van der Waals surface area contributed by atoms with Gasteiger partial charge in [0.05, 0.1) is 13.3 Å². The van der Waals surface area contributed by atoms with Crippen LogP contribution in [-0.4, -0.2) is 30.3 Å². The second kappa shape index (κ2) is 5.94. The number of hydrazone groups is 1. The molecule has 1 saturated carbocycles. The molecule has 1 aliphatic heterocycles. The van der Waals surface area contributed by atoms with Crippen LogP contribution in [0.3, 0.4) is 0 Å². The third-order valence-corrected chi connectivity index (χ3v) is 6.67. The number of nitrogens with zero attached hydrogens (tertiary/aromatic N) is 2. The number of amides is 3. The van der Waals surface area contributed by atoms with Crippen molar-refractivity contribution >= 4 is 18.2 Å². The largest absolute Gasteiger partial charge is 0.497 e. The summed E-state index contributed by atoms with van der Waals surface area (Å²) in [6.45, 7) is 6.26. The summed E-state index contributed by atoms with van der Waals surface area (Å²) in [5.74, 6) is 1.50. The maximum Gasteiger partial charge on any atom is 0.346 e. The smallest absolute Gasteiger partial charge is 0.346 e. The van der Waals surface area contributed by atoms with E-state index in [9.17, 15) is 9.59 Å². The first-order valence-corrected chi connectivity index (χ1v) is 9.32. The van der Waals surface area contributed by atoms with Gasteiger partial charge in [0.2, 0.25) is 0 Å². The van der Waals surface area contributed by atoms with Crippen molar-refractivity contribution in [1.82, 2.24) is 10.3 Å². The van der Waals surface area contributed by atoms with Crippen LogP contribution in [0.15, 0.2) is 41.0 Å². The molecule has 142 valence electrons. The first-order chi connectivity index (χ1) is 12.8. The minimum atomic E-state index is -1.14. The first kappa shape index (κ1) is 17.8. The van der Waals surface area contributed by atoms with Crippen molar-refractivity contribution in [3.05, 3.63) is 41.5 Å². The molecule has 0 spiro atoms. The fraction of sp³-hybridized carbons (Fsp3) is 0.476. The van der Waals surface area contributed by atoms with Crippen LogP contribution in [0.1, 0.15) is 39.2 Å². The molecule has 1 aromatic rings. The van der Waals surface area contributed by atoms with Gasteiger partial charge in [0, 0.05) is 0 Å². The fourth-order valence-electron chi connectivity index (χ4n) is 4.52. The normalized spacial score (nSPS) is 31.6. The number of hydrogen-bond acceptors (Lipinski definition) is 4. The lowest BCUT2D eigenvalue weighted by Gasteiger charge is -2.55. The van der Waals surface area contributed by atoms with Gasteiger partial charge in [0.15, 0.2) is 0 Å². The summed E-state index contributed by atoms with van der Waals surface area (Å²) in [6.07, 6.45) is 6.08. The van der Waals surface area contributed by atoms with E-state index < -0.39 is 11.6 Å². The molecule has 0 aromatic heterocycles. The van der Waals surface area contributed by atoms with Crippen LogP contribution >= 0.6 is 0 Å². The number of urea groups is 1. The summed E-state index contributed by atoms with van der Waals surface area (Å²) in [7, 11) is 1.58. The predicted molar refractivity (Wildman–Crippen MR) is 102 cm³/mol. The van der Waals surface area contributed by atoms with Gasteiger partial charge in [-0.2, -0.15) is 5.10 Å². The van der Waals surface area contributed by atoms with Gasteiger partial charge in [-0.1, -0.05) is 32.1 Å². The lowest BCUT2D eigenvalue weighted by atomic mass is 9.49. The summed E-state index contributed by atoms with van der Waals surface area (Å²) < 4.78 is 5.16. The zero-order valence-electron chi connectivity index (χ0n) is 16.2. The Hall–Kier alpha value is -2.63. The molecular weight excluding hydrogens is 342 g/mol. The zero-order valence-corrected chi connectivity index (χ0v) is 16.2.